The Bertz CT molecular complexity index is 1040. The van der Waals surface area contributed by atoms with Gasteiger partial charge >= 0.3 is 5.97 Å². The van der Waals surface area contributed by atoms with Gasteiger partial charge in [0.05, 0.1) is 11.6 Å². The average molecular weight is 337 g/mol. The van der Waals surface area contributed by atoms with Crippen molar-refractivity contribution >= 4 is 11.8 Å². The van der Waals surface area contributed by atoms with E-state index in [1.807, 2.05) is 13.0 Å². The maximum atomic E-state index is 14.1. The molecular formula is C17H12FN5O2. The zero-order valence-electron chi connectivity index (χ0n) is 13.1. The summed E-state index contributed by atoms with van der Waals surface area (Å²) in [6.07, 6.45) is 2.55. The molecule has 2 heterocycles. The molecule has 7 nitrogen and oxygen atoms in total. The van der Waals surface area contributed by atoms with E-state index < -0.39 is 11.8 Å². The third-order valence-electron chi connectivity index (χ3n) is 3.63. The number of halogens is 1. The summed E-state index contributed by atoms with van der Waals surface area (Å²) in [6.45, 7) is 1.82. The van der Waals surface area contributed by atoms with Gasteiger partial charge in [0.1, 0.15) is 11.4 Å². The smallest absolute Gasteiger partial charge is 0.341 e. The van der Waals surface area contributed by atoms with Crippen molar-refractivity contribution < 1.29 is 14.3 Å². The second-order valence-corrected chi connectivity index (χ2v) is 5.36. The second-order valence-electron chi connectivity index (χ2n) is 5.36. The highest BCUT2D eigenvalue weighted by Crippen LogP contribution is 2.27. The molecular weight excluding hydrogens is 325 g/mol. The Kier molecular flexibility index (Phi) is 3.91. The van der Waals surface area contributed by atoms with Crippen LogP contribution in [0.5, 0.6) is 0 Å². The van der Waals surface area contributed by atoms with Gasteiger partial charge in [-0.15, -0.1) is 5.10 Å². The predicted molar refractivity (Wildman–Crippen MR) is 87.6 cm³/mol. The van der Waals surface area contributed by atoms with Crippen LogP contribution in [0, 0.1) is 24.1 Å². The molecule has 3 rings (SSSR count). The number of hydrogen-bond donors (Lipinski definition) is 2. The first-order valence-electron chi connectivity index (χ1n) is 7.16. The van der Waals surface area contributed by atoms with Gasteiger partial charge in [0, 0.05) is 29.6 Å². The van der Waals surface area contributed by atoms with Crippen molar-refractivity contribution in [3.63, 3.8) is 0 Å². The van der Waals surface area contributed by atoms with Gasteiger partial charge in [-0.1, -0.05) is 11.6 Å². The molecule has 0 spiro atoms. The van der Waals surface area contributed by atoms with E-state index >= 15 is 0 Å². The Labute approximate surface area is 141 Å². The summed E-state index contributed by atoms with van der Waals surface area (Å²) in [5.41, 5.74) is 7.01. The van der Waals surface area contributed by atoms with Gasteiger partial charge in [-0.3, -0.25) is 0 Å². The largest absolute Gasteiger partial charge is 0.477 e. The highest BCUT2D eigenvalue weighted by atomic mass is 19.1. The molecule has 0 atom stereocenters. The van der Waals surface area contributed by atoms with Crippen LogP contribution in [-0.4, -0.2) is 25.8 Å². The lowest BCUT2D eigenvalue weighted by Gasteiger charge is -2.08. The minimum Gasteiger partial charge on any atom is -0.477 e. The summed E-state index contributed by atoms with van der Waals surface area (Å²) in [5.74, 6) is -1.65. The Morgan fingerprint density at radius 1 is 1.36 bits per heavy atom. The van der Waals surface area contributed by atoms with Crippen LogP contribution in [0.25, 0.3) is 16.9 Å². The zero-order chi connectivity index (χ0) is 18.1. The number of carboxylic acids is 1. The van der Waals surface area contributed by atoms with Crippen LogP contribution >= 0.6 is 0 Å². The molecule has 0 radical (unpaired) electrons. The third-order valence-corrected chi connectivity index (χ3v) is 3.63. The molecule has 0 saturated carbocycles. The molecule has 0 aliphatic carbocycles. The van der Waals surface area contributed by atoms with Crippen molar-refractivity contribution in [1.29, 1.82) is 5.26 Å². The van der Waals surface area contributed by atoms with E-state index in [1.165, 1.54) is 24.5 Å². The first-order valence-corrected chi connectivity index (χ1v) is 7.16. The molecule has 0 fully saturated rings. The van der Waals surface area contributed by atoms with Crippen molar-refractivity contribution in [1.82, 2.24) is 14.8 Å². The number of carboxylic acid groups (broad SMARTS) is 1. The molecule has 3 aromatic rings. The molecule has 25 heavy (non-hydrogen) atoms. The minimum atomic E-state index is -1.22. The van der Waals surface area contributed by atoms with Crippen LogP contribution in [-0.2, 0) is 0 Å². The summed E-state index contributed by atoms with van der Waals surface area (Å²) in [4.78, 5) is 15.2. The van der Waals surface area contributed by atoms with Gasteiger partial charge < -0.3 is 10.8 Å². The van der Waals surface area contributed by atoms with Crippen LogP contribution in [0.1, 0.15) is 21.5 Å². The Morgan fingerprint density at radius 3 is 2.76 bits per heavy atom. The number of benzene rings is 1. The van der Waals surface area contributed by atoms with Crippen LogP contribution in [0.3, 0.4) is 0 Å². The quantitative estimate of drug-likeness (QED) is 0.758. The van der Waals surface area contributed by atoms with E-state index in [4.69, 9.17) is 10.8 Å². The topological polar surface area (TPSA) is 118 Å². The van der Waals surface area contributed by atoms with E-state index in [9.17, 15) is 14.4 Å². The Morgan fingerprint density at radius 2 is 2.12 bits per heavy atom. The fourth-order valence-corrected chi connectivity index (χ4v) is 2.39. The lowest BCUT2D eigenvalue weighted by molar-refractivity contribution is 0.0698. The van der Waals surface area contributed by atoms with Crippen molar-refractivity contribution in [3.8, 4) is 23.0 Å². The van der Waals surface area contributed by atoms with E-state index in [0.717, 1.165) is 10.2 Å². The Hall–Kier alpha value is -3.73. The maximum Gasteiger partial charge on any atom is 0.341 e. The van der Waals surface area contributed by atoms with E-state index in [-0.39, 0.29) is 28.3 Å². The molecule has 0 saturated heterocycles. The number of aromatic carboxylic acids is 1. The SMILES string of the molecule is Cc1ccc(F)c(-c2cnc(-n3cc(C(=O)O)c(N)n3)cc2C#N)c1. The lowest BCUT2D eigenvalue weighted by Crippen LogP contribution is -2.01. The number of pyridine rings is 1. The number of rotatable bonds is 3. The molecule has 124 valence electrons. The van der Waals surface area contributed by atoms with Gasteiger partial charge in [-0.05, 0) is 19.1 Å². The number of nitriles is 1. The number of aryl methyl sites for hydroxylation is 1. The highest BCUT2D eigenvalue weighted by molar-refractivity contribution is 5.92. The first kappa shape index (κ1) is 16.1. The van der Waals surface area contributed by atoms with Crippen LogP contribution in [0.4, 0.5) is 10.2 Å². The number of nitrogens with zero attached hydrogens (tertiary/aromatic N) is 4. The summed E-state index contributed by atoms with van der Waals surface area (Å²) >= 11 is 0. The molecule has 0 bridgehead atoms. The fourth-order valence-electron chi connectivity index (χ4n) is 2.39. The summed E-state index contributed by atoms with van der Waals surface area (Å²) in [7, 11) is 0. The molecule has 3 N–H and O–H groups in total. The fraction of sp³-hybridized carbons (Fsp3) is 0.0588. The maximum absolute atomic E-state index is 14.1. The third kappa shape index (κ3) is 2.90. The number of nitrogen functional groups attached to an aromatic ring is 1. The van der Waals surface area contributed by atoms with E-state index in [2.05, 4.69) is 10.1 Å². The van der Waals surface area contributed by atoms with Gasteiger partial charge in [0.15, 0.2) is 11.6 Å². The molecule has 0 unspecified atom stereocenters. The number of nitrogens with two attached hydrogens (primary N) is 1. The zero-order valence-corrected chi connectivity index (χ0v) is 13.1. The van der Waals surface area contributed by atoms with E-state index in [1.54, 1.807) is 12.1 Å². The van der Waals surface area contributed by atoms with Crippen molar-refractivity contribution in [2.45, 2.75) is 6.92 Å². The van der Waals surface area contributed by atoms with Crippen LogP contribution < -0.4 is 5.73 Å². The Balaban J connectivity index is 2.12. The molecule has 8 heteroatoms. The van der Waals surface area contributed by atoms with Gasteiger partial charge in [-0.25, -0.2) is 18.9 Å². The minimum absolute atomic E-state index is 0.165. The molecule has 2 aromatic heterocycles. The molecule has 0 aliphatic heterocycles. The molecule has 1 aromatic carbocycles. The van der Waals surface area contributed by atoms with Crippen molar-refractivity contribution in [2.75, 3.05) is 5.73 Å². The van der Waals surface area contributed by atoms with Gasteiger partial charge in [0.25, 0.3) is 0 Å². The monoisotopic (exact) mass is 337 g/mol. The number of aromatic nitrogens is 3. The second kappa shape index (κ2) is 6.05. The number of carbonyl (C=O) groups is 1. The number of hydrogen-bond acceptors (Lipinski definition) is 5. The normalized spacial score (nSPS) is 10.4. The first-order chi connectivity index (χ1) is 11.9. The number of anilines is 1. The van der Waals surface area contributed by atoms with Crippen LogP contribution in [0.2, 0.25) is 0 Å². The highest BCUT2D eigenvalue weighted by Gasteiger charge is 2.16. The summed E-state index contributed by atoms with van der Waals surface area (Å²) < 4.78 is 15.3. The van der Waals surface area contributed by atoms with E-state index in [0.29, 0.717) is 5.56 Å². The summed E-state index contributed by atoms with van der Waals surface area (Å²) in [5, 5.41) is 22.3. The predicted octanol–water partition coefficient (Wildman–Crippen LogP) is 2.53. The van der Waals surface area contributed by atoms with Crippen LogP contribution in [0.15, 0.2) is 36.7 Å². The lowest BCUT2D eigenvalue weighted by atomic mass is 10.0. The van der Waals surface area contributed by atoms with Gasteiger partial charge in [-0.2, -0.15) is 5.26 Å². The summed E-state index contributed by atoms with van der Waals surface area (Å²) in [6, 6.07) is 7.98. The molecule has 0 aliphatic rings. The van der Waals surface area contributed by atoms with Crippen molar-refractivity contribution in [3.05, 3.63) is 59.2 Å². The standard InChI is InChI=1S/C17H12FN5O2/c1-9-2-3-14(18)11(4-9)12-7-21-15(5-10(12)6-19)23-8-13(17(24)25)16(20)22-23/h2-5,7-8H,1H3,(H2,20,22)(H,24,25). The van der Waals surface area contributed by atoms with Crippen molar-refractivity contribution in [2.24, 2.45) is 0 Å². The molecule has 0 amide bonds. The average Bonchev–Trinajstić information content (AvgIpc) is 2.98. The van der Waals surface area contributed by atoms with Gasteiger partial charge in [0.2, 0.25) is 0 Å².